The maximum absolute atomic E-state index is 12.4. The fourth-order valence-electron chi connectivity index (χ4n) is 2.64. The number of nitrogens with zero attached hydrogens (tertiary/aromatic N) is 4. The molecule has 2 amide bonds. The molecule has 1 aromatic heterocycles. The summed E-state index contributed by atoms with van der Waals surface area (Å²) in [6, 6.07) is 10.0. The number of hydrogen-bond acceptors (Lipinski definition) is 4. The van der Waals surface area contributed by atoms with Crippen molar-refractivity contribution in [2.45, 2.75) is 26.8 Å². The third kappa shape index (κ3) is 5.17. The second-order valence-corrected chi connectivity index (χ2v) is 6.07. The monoisotopic (exact) mass is 341 g/mol. The van der Waals surface area contributed by atoms with Crippen LogP contribution in [-0.4, -0.2) is 47.6 Å². The second kappa shape index (κ2) is 9.01. The molecule has 2 aromatic rings. The molecule has 1 aromatic carbocycles. The van der Waals surface area contributed by atoms with Gasteiger partial charge in [0, 0.05) is 38.6 Å². The van der Waals surface area contributed by atoms with Crippen molar-refractivity contribution >= 4 is 11.7 Å². The molecule has 1 heterocycles. The van der Waals surface area contributed by atoms with Gasteiger partial charge in [-0.05, 0) is 44.5 Å². The number of benzene rings is 1. The number of carbonyl (C=O) groups is 1. The molecule has 6 heteroatoms. The molecule has 0 spiro atoms. The minimum Gasteiger partial charge on any atom is -0.370 e. The van der Waals surface area contributed by atoms with Crippen LogP contribution in [0.25, 0.3) is 0 Å². The summed E-state index contributed by atoms with van der Waals surface area (Å²) in [7, 11) is 1.78. The highest BCUT2D eigenvalue weighted by atomic mass is 16.2. The Bertz CT molecular complexity index is 677. The summed E-state index contributed by atoms with van der Waals surface area (Å²) in [5.41, 5.74) is 3.24. The van der Waals surface area contributed by atoms with Gasteiger partial charge in [-0.3, -0.25) is 0 Å². The van der Waals surface area contributed by atoms with Crippen molar-refractivity contribution in [1.82, 2.24) is 20.2 Å². The molecule has 0 aliphatic rings. The summed E-state index contributed by atoms with van der Waals surface area (Å²) in [5, 5.41) is 2.98. The Kier molecular flexibility index (Phi) is 6.74. The van der Waals surface area contributed by atoms with E-state index in [2.05, 4.69) is 58.3 Å². The first-order chi connectivity index (χ1) is 12.0. The molecule has 0 saturated carbocycles. The Balaban J connectivity index is 1.86. The van der Waals surface area contributed by atoms with Crippen LogP contribution in [0.3, 0.4) is 0 Å². The molecule has 0 saturated heterocycles. The van der Waals surface area contributed by atoms with Crippen LogP contribution in [0.5, 0.6) is 0 Å². The average Bonchev–Trinajstić information content (AvgIpc) is 2.64. The summed E-state index contributed by atoms with van der Waals surface area (Å²) >= 11 is 0. The lowest BCUT2D eigenvalue weighted by atomic mass is 10.2. The molecule has 1 unspecified atom stereocenters. The van der Waals surface area contributed by atoms with E-state index in [9.17, 15) is 4.79 Å². The van der Waals surface area contributed by atoms with Crippen molar-refractivity contribution in [3.05, 3.63) is 54.1 Å². The van der Waals surface area contributed by atoms with E-state index >= 15 is 0 Å². The minimum absolute atomic E-state index is 0.105. The third-order valence-electron chi connectivity index (χ3n) is 4.34. The molecule has 1 atom stereocenters. The number of aromatic nitrogens is 2. The minimum atomic E-state index is -0.109. The van der Waals surface area contributed by atoms with Gasteiger partial charge in [0.25, 0.3) is 0 Å². The highest BCUT2D eigenvalue weighted by molar-refractivity contribution is 5.74. The van der Waals surface area contributed by atoms with E-state index in [1.165, 1.54) is 17.6 Å². The molecule has 0 radical (unpaired) electrons. The van der Waals surface area contributed by atoms with Gasteiger partial charge in [-0.1, -0.05) is 12.1 Å². The number of anilines is 1. The van der Waals surface area contributed by atoms with Crippen LogP contribution in [-0.2, 0) is 0 Å². The van der Waals surface area contributed by atoms with Crippen LogP contribution in [0.15, 0.2) is 42.9 Å². The Hall–Kier alpha value is -2.63. The van der Waals surface area contributed by atoms with E-state index in [4.69, 9.17) is 0 Å². The SMILES string of the molecule is CCN(CCNC(=O)N(C)C(C)c1ccncn1)c1cccc(C)c1. The number of rotatable bonds is 7. The van der Waals surface area contributed by atoms with Crippen LogP contribution in [0.1, 0.15) is 31.1 Å². The van der Waals surface area contributed by atoms with Crippen molar-refractivity contribution in [3.63, 3.8) is 0 Å². The fourth-order valence-corrected chi connectivity index (χ4v) is 2.64. The molecular weight excluding hydrogens is 314 g/mol. The van der Waals surface area contributed by atoms with E-state index in [0.717, 1.165) is 18.8 Å². The first-order valence-corrected chi connectivity index (χ1v) is 8.61. The van der Waals surface area contributed by atoms with Crippen LogP contribution in [0.4, 0.5) is 10.5 Å². The van der Waals surface area contributed by atoms with Crippen LogP contribution in [0.2, 0.25) is 0 Å². The van der Waals surface area contributed by atoms with Gasteiger partial charge in [0.15, 0.2) is 0 Å². The van der Waals surface area contributed by atoms with Gasteiger partial charge in [0.1, 0.15) is 6.33 Å². The highest BCUT2D eigenvalue weighted by Crippen LogP contribution is 2.16. The average molecular weight is 341 g/mol. The molecule has 0 aliphatic carbocycles. The second-order valence-electron chi connectivity index (χ2n) is 6.07. The predicted molar refractivity (Wildman–Crippen MR) is 101 cm³/mol. The summed E-state index contributed by atoms with van der Waals surface area (Å²) in [5.74, 6) is 0. The van der Waals surface area contributed by atoms with Crippen molar-refractivity contribution in [2.75, 3.05) is 31.6 Å². The Morgan fingerprint density at radius 3 is 2.76 bits per heavy atom. The van der Waals surface area contributed by atoms with Crippen LogP contribution >= 0.6 is 0 Å². The number of hydrogen-bond donors (Lipinski definition) is 1. The molecule has 2 rings (SSSR count). The van der Waals surface area contributed by atoms with Crippen molar-refractivity contribution in [3.8, 4) is 0 Å². The zero-order chi connectivity index (χ0) is 18.2. The largest absolute Gasteiger partial charge is 0.370 e. The molecule has 1 N–H and O–H groups in total. The lowest BCUT2D eigenvalue weighted by molar-refractivity contribution is 0.193. The molecule has 6 nitrogen and oxygen atoms in total. The van der Waals surface area contributed by atoms with Gasteiger partial charge in [-0.15, -0.1) is 0 Å². The zero-order valence-electron chi connectivity index (χ0n) is 15.4. The lowest BCUT2D eigenvalue weighted by Gasteiger charge is -2.27. The number of amides is 2. The summed E-state index contributed by atoms with van der Waals surface area (Å²) in [6.45, 7) is 8.40. The predicted octanol–water partition coefficient (Wildman–Crippen LogP) is 3.01. The number of carbonyl (C=O) groups excluding carboxylic acids is 1. The van der Waals surface area contributed by atoms with Crippen LogP contribution in [0, 0.1) is 6.92 Å². The zero-order valence-corrected chi connectivity index (χ0v) is 15.4. The van der Waals surface area contributed by atoms with Crippen molar-refractivity contribution in [1.29, 1.82) is 0 Å². The van der Waals surface area contributed by atoms with E-state index in [1.807, 2.05) is 13.0 Å². The van der Waals surface area contributed by atoms with Gasteiger partial charge in [0.2, 0.25) is 0 Å². The van der Waals surface area contributed by atoms with Gasteiger partial charge in [-0.25, -0.2) is 14.8 Å². The number of urea groups is 1. The first kappa shape index (κ1) is 18.7. The Morgan fingerprint density at radius 2 is 2.12 bits per heavy atom. The highest BCUT2D eigenvalue weighted by Gasteiger charge is 2.18. The van der Waals surface area contributed by atoms with Gasteiger partial charge in [0.05, 0.1) is 11.7 Å². The first-order valence-electron chi connectivity index (χ1n) is 8.61. The normalized spacial score (nSPS) is 11.7. The summed E-state index contributed by atoms with van der Waals surface area (Å²) < 4.78 is 0. The lowest BCUT2D eigenvalue weighted by Crippen LogP contribution is -2.42. The summed E-state index contributed by atoms with van der Waals surface area (Å²) in [6.07, 6.45) is 3.18. The topological polar surface area (TPSA) is 61.4 Å². The quantitative estimate of drug-likeness (QED) is 0.841. The third-order valence-corrected chi connectivity index (χ3v) is 4.34. The van der Waals surface area contributed by atoms with Gasteiger partial charge >= 0.3 is 6.03 Å². The maximum Gasteiger partial charge on any atom is 0.317 e. The van der Waals surface area contributed by atoms with E-state index in [0.29, 0.717) is 6.54 Å². The summed E-state index contributed by atoms with van der Waals surface area (Å²) in [4.78, 5) is 24.4. The number of nitrogens with one attached hydrogen (secondary N) is 1. The molecule has 0 bridgehead atoms. The van der Waals surface area contributed by atoms with Gasteiger partial charge in [-0.2, -0.15) is 0 Å². The smallest absolute Gasteiger partial charge is 0.317 e. The number of likely N-dealkylation sites (N-methyl/N-ethyl adjacent to an activating group) is 1. The molecule has 134 valence electrons. The van der Waals surface area contributed by atoms with E-state index in [1.54, 1.807) is 18.1 Å². The molecule has 25 heavy (non-hydrogen) atoms. The van der Waals surface area contributed by atoms with E-state index in [-0.39, 0.29) is 12.1 Å². The molecule has 0 fully saturated rings. The van der Waals surface area contributed by atoms with Crippen molar-refractivity contribution < 1.29 is 4.79 Å². The molecule has 0 aliphatic heterocycles. The Labute approximate surface area is 149 Å². The maximum atomic E-state index is 12.4. The fraction of sp³-hybridized carbons (Fsp3) is 0.421. The van der Waals surface area contributed by atoms with Crippen LogP contribution < -0.4 is 10.2 Å². The van der Waals surface area contributed by atoms with Gasteiger partial charge < -0.3 is 15.1 Å². The standard InChI is InChI=1S/C19H27N5O/c1-5-24(17-8-6-7-15(2)13-17)12-11-21-19(25)23(4)16(3)18-9-10-20-14-22-18/h6-10,13-14,16H,5,11-12H2,1-4H3,(H,21,25). The molecular formula is C19H27N5O. The number of aryl methyl sites for hydroxylation is 1. The Morgan fingerprint density at radius 1 is 1.32 bits per heavy atom. The van der Waals surface area contributed by atoms with E-state index < -0.39 is 0 Å². The van der Waals surface area contributed by atoms with Crippen molar-refractivity contribution in [2.24, 2.45) is 0 Å².